The molecular weight excluding hydrogens is 426 g/mol. The van der Waals surface area contributed by atoms with Gasteiger partial charge in [-0.3, -0.25) is 9.59 Å². The maximum atomic E-state index is 12.9. The molecule has 1 saturated carbocycles. The Morgan fingerprint density at radius 3 is 2.59 bits per heavy atom. The molecule has 3 N–H and O–H groups in total. The van der Waals surface area contributed by atoms with Gasteiger partial charge in [0.2, 0.25) is 5.91 Å². The number of para-hydroxylation sites is 1. The van der Waals surface area contributed by atoms with Crippen molar-refractivity contribution in [2.75, 3.05) is 6.54 Å². The fraction of sp³-hybridized carbons (Fsp3) is 0.607. The summed E-state index contributed by atoms with van der Waals surface area (Å²) in [5.41, 5.74) is 4.69. The zero-order valence-electron chi connectivity index (χ0n) is 20.9. The first-order valence-electron chi connectivity index (χ1n) is 12.9. The predicted molar refractivity (Wildman–Crippen MR) is 134 cm³/mol. The summed E-state index contributed by atoms with van der Waals surface area (Å²) in [4.78, 5) is 32.9. The van der Waals surface area contributed by atoms with E-state index in [0.717, 1.165) is 42.5 Å². The lowest BCUT2D eigenvalue weighted by Crippen LogP contribution is -2.43. The highest BCUT2D eigenvalue weighted by Gasteiger charge is 2.37. The molecule has 0 saturated heterocycles. The number of carbonyl (C=O) groups is 2. The van der Waals surface area contributed by atoms with E-state index >= 15 is 0 Å². The summed E-state index contributed by atoms with van der Waals surface area (Å²) < 4.78 is 0. The zero-order valence-corrected chi connectivity index (χ0v) is 20.9. The van der Waals surface area contributed by atoms with E-state index in [1.54, 1.807) is 0 Å². The summed E-state index contributed by atoms with van der Waals surface area (Å²) in [6.07, 6.45) is 7.42. The number of nitrogens with zero attached hydrogens (tertiary/aromatic N) is 1. The van der Waals surface area contributed by atoms with E-state index < -0.39 is 17.8 Å². The molecule has 6 heteroatoms. The molecule has 4 rings (SSSR count). The normalized spacial score (nSPS) is 27.6. The van der Waals surface area contributed by atoms with Crippen LogP contribution in [0.15, 0.2) is 29.8 Å². The third-order valence-electron chi connectivity index (χ3n) is 8.22. The van der Waals surface area contributed by atoms with Crippen LogP contribution in [0.5, 0.6) is 0 Å². The van der Waals surface area contributed by atoms with Gasteiger partial charge in [0.15, 0.2) is 0 Å². The summed E-state index contributed by atoms with van der Waals surface area (Å²) in [7, 11) is 0. The molecule has 0 spiro atoms. The third kappa shape index (κ3) is 5.21. The number of benzene rings is 1. The van der Waals surface area contributed by atoms with Gasteiger partial charge in [-0.1, -0.05) is 50.5 Å². The molecule has 2 aliphatic rings. The van der Waals surface area contributed by atoms with E-state index in [9.17, 15) is 14.7 Å². The monoisotopic (exact) mass is 465 g/mol. The molecule has 0 aliphatic heterocycles. The average Bonchev–Trinajstić information content (AvgIpc) is 3.22. The third-order valence-corrected chi connectivity index (χ3v) is 8.22. The van der Waals surface area contributed by atoms with Crippen molar-refractivity contribution < 1.29 is 14.7 Å². The van der Waals surface area contributed by atoms with E-state index in [2.05, 4.69) is 62.3 Å². The van der Waals surface area contributed by atoms with Crippen molar-refractivity contribution in [1.82, 2.24) is 15.3 Å². The fourth-order valence-corrected chi connectivity index (χ4v) is 6.15. The number of allylic oxidation sites excluding steroid dienone is 1. The van der Waals surface area contributed by atoms with Gasteiger partial charge >= 0.3 is 5.97 Å². The Bertz CT molecular complexity index is 1070. The van der Waals surface area contributed by atoms with Crippen molar-refractivity contribution in [1.29, 1.82) is 0 Å². The first-order valence-corrected chi connectivity index (χ1v) is 12.9. The number of hydrogen-bond donors (Lipinski definition) is 3. The van der Waals surface area contributed by atoms with Gasteiger partial charge in [-0.05, 0) is 68.4 Å². The molecule has 1 aromatic heterocycles. The van der Waals surface area contributed by atoms with Gasteiger partial charge < -0.3 is 15.4 Å². The number of aromatic amines is 1. The van der Waals surface area contributed by atoms with Crippen molar-refractivity contribution in [3.05, 3.63) is 41.2 Å². The van der Waals surface area contributed by atoms with Crippen molar-refractivity contribution in [3.63, 3.8) is 0 Å². The number of H-pyrrole nitrogens is 1. The lowest BCUT2D eigenvalue weighted by atomic mass is 9.69. The number of hydrogen-bond acceptors (Lipinski definition) is 3. The molecule has 2 aliphatic carbocycles. The van der Waals surface area contributed by atoms with Gasteiger partial charge in [0.1, 0.15) is 5.82 Å². The molecule has 0 unspecified atom stereocenters. The number of fused-ring (bicyclic) bond motifs is 1. The Labute approximate surface area is 202 Å². The number of aliphatic carboxylic acids is 1. The van der Waals surface area contributed by atoms with Gasteiger partial charge in [0.25, 0.3) is 0 Å². The van der Waals surface area contributed by atoms with Crippen LogP contribution in [0.1, 0.15) is 64.3 Å². The van der Waals surface area contributed by atoms with Gasteiger partial charge in [-0.25, -0.2) is 4.98 Å². The molecule has 6 nitrogen and oxygen atoms in total. The maximum absolute atomic E-state index is 12.9. The number of carboxylic acids is 1. The summed E-state index contributed by atoms with van der Waals surface area (Å²) in [5, 5.41) is 12.7. The molecule has 34 heavy (non-hydrogen) atoms. The molecule has 1 amide bonds. The summed E-state index contributed by atoms with van der Waals surface area (Å²) in [6, 6.07) is 6.24. The highest BCUT2D eigenvalue weighted by Crippen LogP contribution is 2.39. The minimum Gasteiger partial charge on any atom is -0.481 e. The van der Waals surface area contributed by atoms with Gasteiger partial charge in [-0.15, -0.1) is 0 Å². The van der Waals surface area contributed by atoms with Crippen LogP contribution in [0.3, 0.4) is 0 Å². The van der Waals surface area contributed by atoms with E-state index in [1.165, 1.54) is 11.1 Å². The molecule has 1 heterocycles. The van der Waals surface area contributed by atoms with E-state index in [1.807, 2.05) is 0 Å². The highest BCUT2D eigenvalue weighted by molar-refractivity contribution is 5.85. The smallest absolute Gasteiger partial charge is 0.307 e. The van der Waals surface area contributed by atoms with Crippen molar-refractivity contribution in [2.24, 2.45) is 35.5 Å². The van der Waals surface area contributed by atoms with Crippen molar-refractivity contribution in [3.8, 4) is 0 Å². The number of nitrogens with one attached hydrogen (secondary N) is 2. The molecule has 0 radical (unpaired) electrons. The largest absolute Gasteiger partial charge is 0.481 e. The first-order chi connectivity index (χ1) is 16.2. The molecule has 184 valence electrons. The molecule has 1 aromatic carbocycles. The van der Waals surface area contributed by atoms with Gasteiger partial charge in [-0.2, -0.15) is 0 Å². The Balaban J connectivity index is 1.44. The second kappa shape index (κ2) is 10.3. The van der Waals surface area contributed by atoms with Crippen LogP contribution in [0.2, 0.25) is 0 Å². The fourth-order valence-electron chi connectivity index (χ4n) is 6.15. The Morgan fingerprint density at radius 2 is 1.91 bits per heavy atom. The maximum Gasteiger partial charge on any atom is 0.307 e. The van der Waals surface area contributed by atoms with E-state index in [4.69, 9.17) is 4.98 Å². The standard InChI is InChI=1S/C28H39N3O3/c1-16(2)23-13-19(14-25-30-24-11-7-8-17(3)26(24)31-25)18(4)12-20(23)15-29-27(32)21-9-5-6-10-22(21)28(33)34/h7-8,11-12,16,19-23H,5-6,9-10,13-15H2,1-4H3,(H,29,32)(H,30,31)(H,33,34)/t19-,20-,21+,22-,23-/m0/s1. The number of aryl methyl sites for hydroxylation is 1. The second-order valence-corrected chi connectivity index (χ2v) is 10.9. The first kappa shape index (κ1) is 24.5. The Hall–Kier alpha value is -2.63. The predicted octanol–water partition coefficient (Wildman–Crippen LogP) is 5.28. The minimum atomic E-state index is -0.836. The van der Waals surface area contributed by atoms with Crippen molar-refractivity contribution >= 4 is 22.9 Å². The number of imidazole rings is 1. The van der Waals surface area contributed by atoms with E-state index in [0.29, 0.717) is 37.1 Å². The molecule has 2 aromatic rings. The Kier molecular flexibility index (Phi) is 7.44. The van der Waals surface area contributed by atoms with Crippen LogP contribution < -0.4 is 5.32 Å². The quantitative estimate of drug-likeness (QED) is 0.485. The molecular formula is C28H39N3O3. The second-order valence-electron chi connectivity index (χ2n) is 10.9. The topological polar surface area (TPSA) is 95.1 Å². The number of carbonyl (C=O) groups excluding carboxylic acids is 1. The van der Waals surface area contributed by atoms with Gasteiger partial charge in [0.05, 0.1) is 22.9 Å². The lowest BCUT2D eigenvalue weighted by Gasteiger charge is -2.37. The number of rotatable bonds is 7. The zero-order chi connectivity index (χ0) is 24.4. The van der Waals surface area contributed by atoms with E-state index in [-0.39, 0.29) is 11.8 Å². The summed E-state index contributed by atoms with van der Waals surface area (Å²) in [5.74, 6) is 0.817. The number of carboxylic acid groups (broad SMARTS) is 1. The summed E-state index contributed by atoms with van der Waals surface area (Å²) >= 11 is 0. The Morgan fingerprint density at radius 1 is 1.18 bits per heavy atom. The lowest BCUT2D eigenvalue weighted by molar-refractivity contribution is -0.149. The highest BCUT2D eigenvalue weighted by atomic mass is 16.4. The van der Waals surface area contributed by atoms with Crippen LogP contribution in [0.4, 0.5) is 0 Å². The number of amides is 1. The average molecular weight is 466 g/mol. The van der Waals surface area contributed by atoms with Crippen LogP contribution in [-0.4, -0.2) is 33.5 Å². The SMILES string of the molecule is CC1=C[C@@H](CNC(=O)[C@@H]2CCCC[C@@H]2C(=O)O)[C@H](C(C)C)C[C@H]1Cc1nc2c(C)cccc2[nH]1. The van der Waals surface area contributed by atoms with Crippen LogP contribution >= 0.6 is 0 Å². The molecule has 1 fully saturated rings. The summed E-state index contributed by atoms with van der Waals surface area (Å²) in [6.45, 7) is 9.40. The molecule has 5 atom stereocenters. The van der Waals surface area contributed by atoms with Gasteiger partial charge in [0, 0.05) is 13.0 Å². The minimum absolute atomic E-state index is 0.0829. The number of aromatic nitrogens is 2. The van der Waals surface area contributed by atoms with Crippen molar-refractivity contribution in [2.45, 2.75) is 66.2 Å². The van der Waals surface area contributed by atoms with Crippen LogP contribution in [-0.2, 0) is 16.0 Å². The van der Waals surface area contributed by atoms with Crippen LogP contribution in [0.25, 0.3) is 11.0 Å². The van der Waals surface area contributed by atoms with Crippen LogP contribution in [0, 0.1) is 42.4 Å². The molecule has 0 bridgehead atoms.